The first-order chi connectivity index (χ1) is 14.2. The Morgan fingerprint density at radius 1 is 1.14 bits per heavy atom. The summed E-state index contributed by atoms with van der Waals surface area (Å²) in [6, 6.07) is 11.3. The van der Waals surface area contributed by atoms with Crippen LogP contribution in [0.1, 0.15) is 57.9 Å². The smallest absolute Gasteiger partial charge is 0.287 e. The first-order valence-electron chi connectivity index (χ1n) is 9.96. The van der Waals surface area contributed by atoms with Gasteiger partial charge in [-0.05, 0) is 55.5 Å². The molecule has 1 aliphatic rings. The predicted molar refractivity (Wildman–Crippen MR) is 109 cm³/mol. The average molecular weight is 392 g/mol. The molecule has 2 amide bonds. The summed E-state index contributed by atoms with van der Waals surface area (Å²) in [7, 11) is 0. The number of hydrogen-bond acceptors (Lipinski definition) is 4. The summed E-state index contributed by atoms with van der Waals surface area (Å²) in [6.07, 6.45) is 5.18. The minimum absolute atomic E-state index is 0.276. The summed E-state index contributed by atoms with van der Waals surface area (Å²) in [5, 5.41) is 5.72. The number of nitrogens with zero attached hydrogens (tertiary/aromatic N) is 2. The SMILES string of the molecule is CCc1ccc(NC(=O)c2nc(C(=O)NCc3ccco3)n3c2CCCC3)cc1. The van der Waals surface area contributed by atoms with Crippen LogP contribution in [0.2, 0.25) is 0 Å². The number of hydrogen-bond donors (Lipinski definition) is 2. The van der Waals surface area contributed by atoms with Crippen molar-refractivity contribution in [3.63, 3.8) is 0 Å². The third kappa shape index (κ3) is 4.08. The monoisotopic (exact) mass is 392 g/mol. The Hall–Kier alpha value is -3.35. The summed E-state index contributed by atoms with van der Waals surface area (Å²) < 4.78 is 7.12. The molecular weight excluding hydrogens is 368 g/mol. The van der Waals surface area contributed by atoms with E-state index in [2.05, 4.69) is 22.5 Å². The zero-order chi connectivity index (χ0) is 20.2. The van der Waals surface area contributed by atoms with Crippen molar-refractivity contribution in [2.24, 2.45) is 0 Å². The van der Waals surface area contributed by atoms with E-state index >= 15 is 0 Å². The number of anilines is 1. The summed E-state index contributed by atoms with van der Waals surface area (Å²) >= 11 is 0. The Morgan fingerprint density at radius 2 is 1.97 bits per heavy atom. The maximum Gasteiger partial charge on any atom is 0.287 e. The summed E-state index contributed by atoms with van der Waals surface area (Å²) in [5.41, 5.74) is 3.07. The minimum atomic E-state index is -0.309. The van der Waals surface area contributed by atoms with Gasteiger partial charge in [-0.2, -0.15) is 0 Å². The van der Waals surface area contributed by atoms with Crippen molar-refractivity contribution in [2.45, 2.75) is 45.7 Å². The molecule has 3 heterocycles. The van der Waals surface area contributed by atoms with Crippen molar-refractivity contribution in [2.75, 3.05) is 5.32 Å². The second-order valence-electron chi connectivity index (χ2n) is 7.11. The van der Waals surface area contributed by atoms with Crippen LogP contribution in [0, 0.1) is 0 Å². The van der Waals surface area contributed by atoms with E-state index in [1.165, 1.54) is 5.56 Å². The molecule has 0 spiro atoms. The van der Waals surface area contributed by atoms with Gasteiger partial charge in [0.15, 0.2) is 11.5 Å². The van der Waals surface area contributed by atoms with Crippen LogP contribution in [0.15, 0.2) is 47.1 Å². The maximum absolute atomic E-state index is 12.9. The van der Waals surface area contributed by atoms with Crippen LogP contribution in [0.3, 0.4) is 0 Å². The summed E-state index contributed by atoms with van der Waals surface area (Å²) in [4.78, 5) is 30.0. The van der Waals surface area contributed by atoms with E-state index in [9.17, 15) is 9.59 Å². The molecule has 0 atom stereocenters. The number of carbonyl (C=O) groups is 2. The number of fused-ring (bicyclic) bond motifs is 1. The lowest BCUT2D eigenvalue weighted by atomic mass is 10.1. The van der Waals surface area contributed by atoms with E-state index in [0.717, 1.165) is 31.4 Å². The number of amides is 2. The first kappa shape index (κ1) is 19.0. The molecule has 7 heteroatoms. The second kappa shape index (κ2) is 8.34. The lowest BCUT2D eigenvalue weighted by Crippen LogP contribution is -2.27. The Kier molecular flexibility index (Phi) is 5.46. The van der Waals surface area contributed by atoms with Gasteiger partial charge in [0, 0.05) is 12.2 Å². The Morgan fingerprint density at radius 3 is 2.69 bits per heavy atom. The van der Waals surface area contributed by atoms with Crippen LogP contribution in [-0.2, 0) is 25.9 Å². The van der Waals surface area contributed by atoms with Crippen molar-refractivity contribution in [3.8, 4) is 0 Å². The van der Waals surface area contributed by atoms with Gasteiger partial charge in [-0.25, -0.2) is 4.98 Å². The van der Waals surface area contributed by atoms with Gasteiger partial charge in [-0.1, -0.05) is 19.1 Å². The molecule has 2 N–H and O–H groups in total. The molecular formula is C22H24N4O3. The second-order valence-corrected chi connectivity index (χ2v) is 7.11. The van der Waals surface area contributed by atoms with E-state index < -0.39 is 0 Å². The van der Waals surface area contributed by atoms with Crippen LogP contribution in [0.4, 0.5) is 5.69 Å². The largest absolute Gasteiger partial charge is 0.467 e. The van der Waals surface area contributed by atoms with Crippen LogP contribution in [-0.4, -0.2) is 21.4 Å². The highest BCUT2D eigenvalue weighted by Crippen LogP contribution is 2.22. The molecule has 4 rings (SSSR count). The van der Waals surface area contributed by atoms with Crippen LogP contribution < -0.4 is 10.6 Å². The van der Waals surface area contributed by atoms with Gasteiger partial charge in [0.05, 0.1) is 18.5 Å². The number of furan rings is 1. The lowest BCUT2D eigenvalue weighted by molar-refractivity contribution is 0.0932. The quantitative estimate of drug-likeness (QED) is 0.671. The highest BCUT2D eigenvalue weighted by atomic mass is 16.3. The van der Waals surface area contributed by atoms with Crippen molar-refractivity contribution in [1.29, 1.82) is 0 Å². The molecule has 1 aliphatic heterocycles. The van der Waals surface area contributed by atoms with E-state index in [0.29, 0.717) is 23.7 Å². The summed E-state index contributed by atoms with van der Waals surface area (Å²) in [5.74, 6) is 0.343. The molecule has 1 aromatic carbocycles. The Labute approximate surface area is 169 Å². The zero-order valence-corrected chi connectivity index (χ0v) is 16.4. The molecule has 7 nitrogen and oxygen atoms in total. The van der Waals surface area contributed by atoms with Crippen molar-refractivity contribution >= 4 is 17.5 Å². The van der Waals surface area contributed by atoms with E-state index in [-0.39, 0.29) is 24.2 Å². The van der Waals surface area contributed by atoms with Gasteiger partial charge in [-0.15, -0.1) is 0 Å². The van der Waals surface area contributed by atoms with E-state index in [4.69, 9.17) is 4.42 Å². The van der Waals surface area contributed by atoms with Crippen molar-refractivity contribution in [1.82, 2.24) is 14.9 Å². The molecule has 29 heavy (non-hydrogen) atoms. The Bertz CT molecular complexity index is 1000. The molecule has 0 aliphatic carbocycles. The fourth-order valence-corrected chi connectivity index (χ4v) is 3.57. The Balaban J connectivity index is 1.54. The van der Waals surface area contributed by atoms with Crippen LogP contribution in [0.25, 0.3) is 0 Å². The highest BCUT2D eigenvalue weighted by molar-refractivity contribution is 6.05. The topological polar surface area (TPSA) is 89.2 Å². The third-order valence-corrected chi connectivity index (χ3v) is 5.16. The maximum atomic E-state index is 12.9. The molecule has 0 unspecified atom stereocenters. The molecule has 0 radical (unpaired) electrons. The number of nitrogens with one attached hydrogen (secondary N) is 2. The number of aryl methyl sites for hydroxylation is 1. The number of carbonyl (C=O) groups excluding carboxylic acids is 2. The van der Waals surface area contributed by atoms with E-state index in [1.54, 1.807) is 18.4 Å². The predicted octanol–water partition coefficient (Wildman–Crippen LogP) is 3.56. The van der Waals surface area contributed by atoms with Crippen molar-refractivity contribution < 1.29 is 14.0 Å². The fourth-order valence-electron chi connectivity index (χ4n) is 3.57. The number of aromatic nitrogens is 2. The number of imidazole rings is 1. The highest BCUT2D eigenvalue weighted by Gasteiger charge is 2.27. The van der Waals surface area contributed by atoms with Gasteiger partial charge in [0.2, 0.25) is 0 Å². The first-order valence-corrected chi connectivity index (χ1v) is 9.96. The third-order valence-electron chi connectivity index (χ3n) is 5.16. The van der Waals surface area contributed by atoms with Crippen LogP contribution >= 0.6 is 0 Å². The van der Waals surface area contributed by atoms with Gasteiger partial charge in [0.1, 0.15) is 5.76 Å². The van der Waals surface area contributed by atoms with Gasteiger partial charge < -0.3 is 19.6 Å². The minimum Gasteiger partial charge on any atom is -0.467 e. The van der Waals surface area contributed by atoms with Crippen LogP contribution in [0.5, 0.6) is 0 Å². The number of rotatable bonds is 6. The summed E-state index contributed by atoms with van der Waals surface area (Å²) in [6.45, 7) is 3.05. The van der Waals surface area contributed by atoms with Gasteiger partial charge in [0.25, 0.3) is 11.8 Å². The molecule has 2 aromatic heterocycles. The molecule has 3 aromatic rings. The normalized spacial score (nSPS) is 13.0. The lowest BCUT2D eigenvalue weighted by Gasteiger charge is -2.17. The van der Waals surface area contributed by atoms with Crippen molar-refractivity contribution in [3.05, 3.63) is 71.2 Å². The molecule has 0 bridgehead atoms. The van der Waals surface area contributed by atoms with E-state index in [1.807, 2.05) is 28.8 Å². The molecule has 150 valence electrons. The number of benzene rings is 1. The zero-order valence-electron chi connectivity index (χ0n) is 16.4. The molecule has 0 saturated carbocycles. The average Bonchev–Trinajstić information content (AvgIpc) is 3.40. The molecule has 0 saturated heterocycles. The standard InChI is InChI=1S/C22H24N4O3/c1-2-15-8-10-16(11-9-15)24-21(27)19-18-7-3-4-12-26(18)20(25-19)22(28)23-14-17-6-5-13-29-17/h5-6,8-11,13H,2-4,7,12,14H2,1H3,(H,23,28)(H,24,27). The molecule has 0 fully saturated rings. The van der Waals surface area contributed by atoms with Gasteiger partial charge in [-0.3, -0.25) is 9.59 Å². The fraction of sp³-hybridized carbons (Fsp3) is 0.318. The van der Waals surface area contributed by atoms with Gasteiger partial charge >= 0.3 is 0 Å².